The van der Waals surface area contributed by atoms with Crippen molar-refractivity contribution in [2.24, 2.45) is 5.92 Å². The van der Waals surface area contributed by atoms with E-state index in [0.29, 0.717) is 23.8 Å². The summed E-state index contributed by atoms with van der Waals surface area (Å²) in [5, 5.41) is 6.51. The van der Waals surface area contributed by atoms with Gasteiger partial charge in [0.05, 0.1) is 0 Å². The molecule has 3 rings (SSSR count). The number of piperidine rings is 1. The van der Waals surface area contributed by atoms with Crippen molar-refractivity contribution in [3.05, 3.63) is 65.2 Å². The third-order valence-corrected chi connectivity index (χ3v) is 4.69. The van der Waals surface area contributed by atoms with Crippen molar-refractivity contribution in [1.82, 2.24) is 10.6 Å². The molecule has 1 fully saturated rings. The van der Waals surface area contributed by atoms with E-state index in [1.54, 1.807) is 0 Å². The van der Waals surface area contributed by atoms with Crippen LogP contribution in [0.3, 0.4) is 0 Å². The zero-order valence-corrected chi connectivity index (χ0v) is 14.9. The predicted molar refractivity (Wildman–Crippen MR) is 99.9 cm³/mol. The molecule has 2 N–H and O–H groups in total. The van der Waals surface area contributed by atoms with E-state index >= 15 is 0 Å². The van der Waals surface area contributed by atoms with Crippen LogP contribution < -0.4 is 15.4 Å². The first-order chi connectivity index (χ1) is 12.1. The van der Waals surface area contributed by atoms with Gasteiger partial charge in [-0.05, 0) is 56.1 Å². The normalized spacial score (nSPS) is 20.1. The Bertz CT molecular complexity index is 729. The van der Waals surface area contributed by atoms with E-state index in [2.05, 4.69) is 36.6 Å². The molecule has 1 aliphatic rings. The van der Waals surface area contributed by atoms with Crippen molar-refractivity contribution in [2.45, 2.75) is 32.9 Å². The number of nitrogens with one attached hydrogen (secondary N) is 2. The van der Waals surface area contributed by atoms with Crippen LogP contribution in [0, 0.1) is 12.8 Å². The molecule has 2 aromatic rings. The Hall–Kier alpha value is -2.33. The van der Waals surface area contributed by atoms with Crippen LogP contribution in [0.25, 0.3) is 0 Å². The van der Waals surface area contributed by atoms with Gasteiger partial charge in [0, 0.05) is 11.6 Å². The second-order valence-electron chi connectivity index (χ2n) is 6.86. The summed E-state index contributed by atoms with van der Waals surface area (Å²) < 4.78 is 5.86. The Morgan fingerprint density at radius 3 is 2.88 bits per heavy atom. The number of hydrogen-bond acceptors (Lipinski definition) is 3. The first kappa shape index (κ1) is 17.5. The summed E-state index contributed by atoms with van der Waals surface area (Å²) in [7, 11) is 0. The van der Waals surface area contributed by atoms with Crippen molar-refractivity contribution in [2.75, 3.05) is 13.1 Å². The fourth-order valence-corrected chi connectivity index (χ4v) is 3.18. The molecule has 2 atom stereocenters. The third kappa shape index (κ3) is 4.83. The molecule has 0 radical (unpaired) electrons. The van der Waals surface area contributed by atoms with Gasteiger partial charge >= 0.3 is 0 Å². The smallest absolute Gasteiger partial charge is 0.251 e. The minimum absolute atomic E-state index is 0.0280. The Morgan fingerprint density at radius 2 is 2.08 bits per heavy atom. The van der Waals surface area contributed by atoms with Crippen LogP contribution in [0.2, 0.25) is 0 Å². The highest BCUT2D eigenvalue weighted by Crippen LogP contribution is 2.17. The van der Waals surface area contributed by atoms with Crippen LogP contribution in [-0.2, 0) is 6.61 Å². The monoisotopic (exact) mass is 338 g/mol. The molecule has 4 nitrogen and oxygen atoms in total. The largest absolute Gasteiger partial charge is 0.489 e. The van der Waals surface area contributed by atoms with Gasteiger partial charge in [-0.15, -0.1) is 0 Å². The number of rotatable bonds is 5. The zero-order valence-electron chi connectivity index (χ0n) is 14.9. The number of carbonyl (C=O) groups is 1. The Kier molecular flexibility index (Phi) is 5.71. The SMILES string of the molecule is Cc1cccc(COc2cccc(C(=O)NC3CCNCC3C)c2)c1. The number of amides is 1. The molecular formula is C21H26N2O2. The molecule has 1 heterocycles. The summed E-state index contributed by atoms with van der Waals surface area (Å²) >= 11 is 0. The van der Waals surface area contributed by atoms with Crippen LogP contribution in [0.5, 0.6) is 5.75 Å². The Labute approximate surface area is 149 Å². The van der Waals surface area contributed by atoms with E-state index in [9.17, 15) is 4.79 Å². The summed E-state index contributed by atoms with van der Waals surface area (Å²) in [6, 6.07) is 15.9. The van der Waals surface area contributed by atoms with Gasteiger partial charge in [-0.3, -0.25) is 4.79 Å². The maximum Gasteiger partial charge on any atom is 0.251 e. The molecule has 25 heavy (non-hydrogen) atoms. The summed E-state index contributed by atoms with van der Waals surface area (Å²) in [5.41, 5.74) is 2.98. The lowest BCUT2D eigenvalue weighted by Crippen LogP contribution is -2.48. The summed E-state index contributed by atoms with van der Waals surface area (Å²) in [5.74, 6) is 1.13. The fraction of sp³-hybridized carbons (Fsp3) is 0.381. The van der Waals surface area contributed by atoms with E-state index in [1.165, 1.54) is 5.56 Å². The Morgan fingerprint density at radius 1 is 1.24 bits per heavy atom. The molecule has 0 saturated carbocycles. The van der Waals surface area contributed by atoms with Crippen LogP contribution in [-0.4, -0.2) is 25.0 Å². The molecule has 0 bridgehead atoms. The lowest BCUT2D eigenvalue weighted by molar-refractivity contribution is 0.0913. The average molecular weight is 338 g/mol. The number of hydrogen-bond donors (Lipinski definition) is 2. The molecule has 1 amide bonds. The molecule has 132 valence electrons. The number of benzene rings is 2. The standard InChI is InChI=1S/C21H26N2O2/c1-15-5-3-6-17(11-15)14-25-19-8-4-7-18(12-19)21(24)23-20-9-10-22-13-16(20)2/h3-8,11-12,16,20,22H,9-10,13-14H2,1-2H3,(H,23,24). The molecule has 4 heteroatoms. The number of carbonyl (C=O) groups excluding carboxylic acids is 1. The topological polar surface area (TPSA) is 50.4 Å². The number of aryl methyl sites for hydroxylation is 1. The van der Waals surface area contributed by atoms with Crippen molar-refractivity contribution in [3.8, 4) is 5.75 Å². The average Bonchev–Trinajstić information content (AvgIpc) is 2.62. The molecule has 2 aromatic carbocycles. The lowest BCUT2D eigenvalue weighted by atomic mass is 9.95. The summed E-state index contributed by atoms with van der Waals surface area (Å²) in [6.45, 7) is 6.63. The van der Waals surface area contributed by atoms with Crippen LogP contribution in [0.1, 0.15) is 34.8 Å². The van der Waals surface area contributed by atoms with E-state index in [-0.39, 0.29) is 11.9 Å². The Balaban J connectivity index is 1.61. The summed E-state index contributed by atoms with van der Waals surface area (Å²) in [6.07, 6.45) is 0.969. The van der Waals surface area contributed by atoms with E-state index < -0.39 is 0 Å². The molecular weight excluding hydrogens is 312 g/mol. The van der Waals surface area contributed by atoms with E-state index in [4.69, 9.17) is 4.74 Å². The molecule has 2 unspecified atom stereocenters. The molecule has 0 spiro atoms. The van der Waals surface area contributed by atoms with Crippen molar-refractivity contribution < 1.29 is 9.53 Å². The molecule has 1 saturated heterocycles. The van der Waals surface area contributed by atoms with Crippen LogP contribution in [0.15, 0.2) is 48.5 Å². The molecule has 0 aromatic heterocycles. The van der Waals surface area contributed by atoms with Crippen LogP contribution in [0.4, 0.5) is 0 Å². The van der Waals surface area contributed by atoms with Crippen molar-refractivity contribution >= 4 is 5.91 Å². The highest BCUT2D eigenvalue weighted by atomic mass is 16.5. The fourth-order valence-electron chi connectivity index (χ4n) is 3.18. The van der Waals surface area contributed by atoms with Crippen LogP contribution >= 0.6 is 0 Å². The molecule has 0 aliphatic carbocycles. The highest BCUT2D eigenvalue weighted by Gasteiger charge is 2.23. The predicted octanol–water partition coefficient (Wildman–Crippen LogP) is 3.30. The van der Waals surface area contributed by atoms with E-state index in [1.807, 2.05) is 36.4 Å². The first-order valence-electron chi connectivity index (χ1n) is 8.92. The maximum atomic E-state index is 12.5. The minimum atomic E-state index is -0.0280. The van der Waals surface area contributed by atoms with Crippen molar-refractivity contribution in [3.63, 3.8) is 0 Å². The maximum absolute atomic E-state index is 12.5. The lowest BCUT2D eigenvalue weighted by Gasteiger charge is -2.30. The van der Waals surface area contributed by atoms with E-state index in [0.717, 1.165) is 25.1 Å². The van der Waals surface area contributed by atoms with Gasteiger partial charge in [-0.1, -0.05) is 42.8 Å². The van der Waals surface area contributed by atoms with Gasteiger partial charge in [0.1, 0.15) is 12.4 Å². The van der Waals surface area contributed by atoms with Gasteiger partial charge in [0.25, 0.3) is 5.91 Å². The quantitative estimate of drug-likeness (QED) is 0.879. The zero-order chi connectivity index (χ0) is 17.6. The van der Waals surface area contributed by atoms with Gasteiger partial charge in [0.2, 0.25) is 0 Å². The first-order valence-corrected chi connectivity index (χ1v) is 8.92. The highest BCUT2D eigenvalue weighted by molar-refractivity contribution is 5.94. The minimum Gasteiger partial charge on any atom is -0.489 e. The summed E-state index contributed by atoms with van der Waals surface area (Å²) in [4.78, 5) is 12.5. The van der Waals surface area contributed by atoms with Gasteiger partial charge < -0.3 is 15.4 Å². The van der Waals surface area contributed by atoms with Crippen molar-refractivity contribution in [1.29, 1.82) is 0 Å². The second-order valence-corrected chi connectivity index (χ2v) is 6.86. The van der Waals surface area contributed by atoms with Gasteiger partial charge in [-0.25, -0.2) is 0 Å². The second kappa shape index (κ2) is 8.17. The molecule has 1 aliphatic heterocycles. The third-order valence-electron chi connectivity index (χ3n) is 4.69. The van der Waals surface area contributed by atoms with Gasteiger partial charge in [0.15, 0.2) is 0 Å². The van der Waals surface area contributed by atoms with Gasteiger partial charge in [-0.2, -0.15) is 0 Å². The number of ether oxygens (including phenoxy) is 1.